The van der Waals surface area contributed by atoms with Gasteiger partial charge in [0.25, 0.3) is 0 Å². The Morgan fingerprint density at radius 1 is 0.910 bits per heavy atom. The van der Waals surface area contributed by atoms with Gasteiger partial charge in [-0.05, 0) is 139 Å². The van der Waals surface area contributed by atoms with Gasteiger partial charge in [0.05, 0.1) is 35.0 Å². The summed E-state index contributed by atoms with van der Waals surface area (Å²) >= 11 is 0. The highest BCUT2D eigenvalue weighted by atomic mass is 16.2. The largest absolute Gasteiger partial charge is 0.357 e. The number of imide groups is 1. The third kappa shape index (κ3) is 8.89. The first kappa shape index (κ1) is 44.2. The molecule has 0 unspecified atom stereocenters. The first-order valence-electron chi connectivity index (χ1n) is 24.2. The highest BCUT2D eigenvalue weighted by molar-refractivity contribution is 6.08. The van der Waals surface area contributed by atoms with E-state index in [0.717, 1.165) is 122 Å². The number of aromatic nitrogens is 7. The number of rotatable bonds is 11. The maximum atomic E-state index is 12.9. The van der Waals surface area contributed by atoms with Crippen LogP contribution in [-0.4, -0.2) is 102 Å². The molecule has 3 saturated heterocycles. The Morgan fingerprint density at radius 3 is 2.42 bits per heavy atom. The van der Waals surface area contributed by atoms with Gasteiger partial charge in [0, 0.05) is 90.8 Å². The lowest BCUT2D eigenvalue weighted by Gasteiger charge is -2.39. The molecule has 16 nitrogen and oxygen atoms in total. The highest BCUT2D eigenvalue weighted by Gasteiger charge is 2.37. The summed E-state index contributed by atoms with van der Waals surface area (Å²) in [7, 11) is 1.92. The Kier molecular flexibility index (Phi) is 12.0. The molecule has 0 atom stereocenters. The van der Waals surface area contributed by atoms with Crippen molar-refractivity contribution in [3.63, 3.8) is 0 Å². The first-order valence-corrected chi connectivity index (χ1v) is 24.2. The van der Waals surface area contributed by atoms with Crippen LogP contribution in [0.3, 0.4) is 0 Å². The number of benzene rings is 1. The van der Waals surface area contributed by atoms with E-state index in [1.807, 2.05) is 50.2 Å². The number of pyridine rings is 2. The summed E-state index contributed by atoms with van der Waals surface area (Å²) in [5.41, 5.74) is 7.01. The Balaban J connectivity index is 0.730. The zero-order valence-corrected chi connectivity index (χ0v) is 39.1. The molecule has 5 aromatic heterocycles. The Hall–Kier alpha value is -6.60. The number of hydrogen-bond acceptors (Lipinski definition) is 10. The second-order valence-electron chi connectivity index (χ2n) is 20.0. The topological polar surface area (TPSA) is 175 Å². The normalized spacial score (nSPS) is 20.7. The van der Waals surface area contributed by atoms with Crippen LogP contribution in [0.4, 0.5) is 16.4 Å². The predicted octanol–water partition coefficient (Wildman–Crippen LogP) is 7.60. The third-order valence-corrected chi connectivity index (χ3v) is 15.2. The molecule has 6 aromatic rings. The van der Waals surface area contributed by atoms with Crippen LogP contribution in [0.1, 0.15) is 108 Å². The molecule has 16 heteroatoms. The van der Waals surface area contributed by atoms with Crippen molar-refractivity contribution in [2.24, 2.45) is 18.4 Å². The van der Waals surface area contributed by atoms with Crippen molar-refractivity contribution in [1.82, 2.24) is 49.7 Å². The second kappa shape index (κ2) is 18.2. The summed E-state index contributed by atoms with van der Waals surface area (Å²) in [6, 6.07) is 15.2. The van der Waals surface area contributed by atoms with Crippen molar-refractivity contribution < 1.29 is 14.4 Å². The standard InChI is InChI=1S/C51H61N13O3/c1-33(2)56-49(66)51(3)17-23-61(24-18-51)45-12-8-37(28-53-45)43-25-38(31-64-47(43)39(27-52)29-55-64)40-30-54-63(32-40)41-9-5-34(6-10-41)13-19-60-20-14-35(15-21-60)36-7-11-42-44(26-36)59(4)58-48(42)62-22-16-46(65)57-50(62)67/h7-8,11-12,25-26,28-35,41H,5-6,9-10,13-24H2,1-4H3,(H,56,66)(H,57,65,67). The van der Waals surface area contributed by atoms with Crippen molar-refractivity contribution in [2.45, 2.75) is 103 Å². The molecular weight excluding hydrogens is 843 g/mol. The molecule has 0 bridgehead atoms. The van der Waals surface area contributed by atoms with Crippen LogP contribution in [0, 0.1) is 22.7 Å². The van der Waals surface area contributed by atoms with Gasteiger partial charge in [-0.3, -0.25) is 29.2 Å². The van der Waals surface area contributed by atoms with E-state index in [2.05, 4.69) is 84.8 Å². The van der Waals surface area contributed by atoms with Gasteiger partial charge in [0.1, 0.15) is 11.9 Å². The zero-order chi connectivity index (χ0) is 46.4. The van der Waals surface area contributed by atoms with E-state index in [9.17, 15) is 19.6 Å². The molecule has 1 saturated carbocycles. The quantitative estimate of drug-likeness (QED) is 0.132. The van der Waals surface area contributed by atoms with Gasteiger partial charge in [-0.1, -0.05) is 13.0 Å². The fourth-order valence-corrected chi connectivity index (χ4v) is 10.9. The molecule has 1 aliphatic carbocycles. The van der Waals surface area contributed by atoms with Crippen molar-refractivity contribution in [3.8, 4) is 28.3 Å². The maximum Gasteiger partial charge on any atom is 0.329 e. The number of nitriles is 1. The summed E-state index contributed by atoms with van der Waals surface area (Å²) in [6.07, 6.45) is 19.5. The predicted molar refractivity (Wildman–Crippen MR) is 257 cm³/mol. The summed E-state index contributed by atoms with van der Waals surface area (Å²) in [6.45, 7) is 11.2. The molecule has 3 aliphatic heterocycles. The number of piperidine rings is 2. The molecule has 4 aliphatic rings. The number of hydrogen-bond donors (Lipinski definition) is 2. The molecule has 67 heavy (non-hydrogen) atoms. The monoisotopic (exact) mass is 904 g/mol. The molecule has 348 valence electrons. The van der Waals surface area contributed by atoms with Crippen LogP contribution in [0.25, 0.3) is 38.7 Å². The second-order valence-corrected chi connectivity index (χ2v) is 20.0. The van der Waals surface area contributed by atoms with Gasteiger partial charge in [-0.25, -0.2) is 14.3 Å². The molecule has 4 amide bonds. The van der Waals surface area contributed by atoms with Crippen molar-refractivity contribution >= 4 is 45.9 Å². The third-order valence-electron chi connectivity index (χ3n) is 15.2. The van der Waals surface area contributed by atoms with Crippen LogP contribution in [0.5, 0.6) is 0 Å². The number of carbonyl (C=O) groups excluding carboxylic acids is 3. The van der Waals surface area contributed by atoms with Crippen LogP contribution < -0.4 is 20.4 Å². The van der Waals surface area contributed by atoms with Gasteiger partial charge in [-0.2, -0.15) is 20.6 Å². The molecule has 8 heterocycles. The molecule has 0 radical (unpaired) electrons. The lowest BCUT2D eigenvalue weighted by molar-refractivity contribution is -0.131. The molecule has 0 spiro atoms. The van der Waals surface area contributed by atoms with Crippen molar-refractivity contribution in [3.05, 3.63) is 78.5 Å². The lowest BCUT2D eigenvalue weighted by Crippen LogP contribution is -2.49. The number of amides is 4. The SMILES string of the molecule is CC(C)NC(=O)C1(C)CCN(c2ccc(-c3cc(-c4cnn(C5CCC(CCN6CCC(c7ccc8c(N9CCC(=O)NC9=O)nn(C)c8c7)CC6)CC5)c4)cn4ncc(C#N)c34)cn2)CC1. The van der Waals surface area contributed by atoms with E-state index in [1.54, 1.807) is 15.6 Å². The van der Waals surface area contributed by atoms with E-state index >= 15 is 0 Å². The Labute approximate surface area is 391 Å². The number of anilines is 2. The van der Waals surface area contributed by atoms with Crippen LogP contribution in [-0.2, 0) is 16.6 Å². The van der Waals surface area contributed by atoms with E-state index in [-0.39, 0.29) is 29.7 Å². The Morgan fingerprint density at radius 2 is 1.70 bits per heavy atom. The fraction of sp³-hybridized carbons (Fsp3) is 0.490. The minimum absolute atomic E-state index is 0.120. The van der Waals surface area contributed by atoms with E-state index in [0.29, 0.717) is 29.9 Å². The smallest absolute Gasteiger partial charge is 0.329 e. The maximum absolute atomic E-state index is 12.9. The number of fused-ring (bicyclic) bond motifs is 2. The number of carbonyl (C=O) groups is 3. The summed E-state index contributed by atoms with van der Waals surface area (Å²) in [5.74, 6) is 2.58. The molecule has 10 rings (SSSR count). The summed E-state index contributed by atoms with van der Waals surface area (Å²) < 4.78 is 5.81. The van der Waals surface area contributed by atoms with E-state index < -0.39 is 6.03 Å². The molecule has 1 aromatic carbocycles. The average molecular weight is 904 g/mol. The van der Waals surface area contributed by atoms with Crippen LogP contribution in [0.15, 0.2) is 67.4 Å². The summed E-state index contributed by atoms with van der Waals surface area (Å²) in [5, 5.41) is 30.6. The number of aryl methyl sites for hydroxylation is 1. The van der Waals surface area contributed by atoms with Gasteiger partial charge < -0.3 is 15.1 Å². The van der Waals surface area contributed by atoms with Crippen LogP contribution >= 0.6 is 0 Å². The minimum Gasteiger partial charge on any atom is -0.357 e. The average Bonchev–Trinajstić information content (AvgIpc) is 4.09. The van der Waals surface area contributed by atoms with Gasteiger partial charge in [0.15, 0.2) is 5.82 Å². The lowest BCUT2D eigenvalue weighted by atomic mass is 9.79. The highest BCUT2D eigenvalue weighted by Crippen LogP contribution is 2.39. The van der Waals surface area contributed by atoms with E-state index in [1.165, 1.54) is 24.8 Å². The first-order chi connectivity index (χ1) is 32.4. The minimum atomic E-state index is -0.410. The van der Waals surface area contributed by atoms with Crippen molar-refractivity contribution in [2.75, 3.05) is 49.1 Å². The van der Waals surface area contributed by atoms with Crippen molar-refractivity contribution in [1.29, 1.82) is 5.26 Å². The van der Waals surface area contributed by atoms with E-state index in [4.69, 9.17) is 10.1 Å². The number of urea groups is 1. The molecular formula is C51H61N13O3. The molecule has 2 N–H and O–H groups in total. The molecule has 4 fully saturated rings. The fourth-order valence-electron chi connectivity index (χ4n) is 10.9. The zero-order valence-electron chi connectivity index (χ0n) is 39.1. The number of nitrogens with one attached hydrogen (secondary N) is 2. The number of likely N-dealkylation sites (tertiary alicyclic amines) is 1. The Bertz CT molecular complexity index is 2850. The van der Waals surface area contributed by atoms with Crippen LogP contribution in [0.2, 0.25) is 0 Å². The van der Waals surface area contributed by atoms with Gasteiger partial charge >= 0.3 is 6.03 Å². The van der Waals surface area contributed by atoms with Gasteiger partial charge in [0.2, 0.25) is 11.8 Å². The summed E-state index contributed by atoms with van der Waals surface area (Å²) in [4.78, 5) is 48.5. The number of nitrogens with zero attached hydrogens (tertiary/aromatic N) is 11. The van der Waals surface area contributed by atoms with Gasteiger partial charge in [-0.15, -0.1) is 0 Å².